The fourth-order valence-corrected chi connectivity index (χ4v) is 17.3. The van der Waals surface area contributed by atoms with Crippen molar-refractivity contribution in [3.05, 3.63) is 0 Å². The molecule has 0 rings (SSSR count). The minimum atomic E-state index is -6.79. The Balaban J connectivity index is 7.26. The molecule has 0 saturated heterocycles. The van der Waals surface area contributed by atoms with Crippen LogP contribution in [0.1, 0.15) is 47.0 Å². The van der Waals surface area contributed by atoms with Gasteiger partial charge in [0.25, 0.3) is 0 Å². The van der Waals surface area contributed by atoms with Crippen molar-refractivity contribution < 1.29 is 43.2 Å². The van der Waals surface area contributed by atoms with Crippen LogP contribution in [0.25, 0.3) is 0 Å². The first-order valence-corrected chi connectivity index (χ1v) is 14.2. The van der Waals surface area contributed by atoms with Crippen LogP contribution in [0.4, 0.5) is 26.3 Å². The summed E-state index contributed by atoms with van der Waals surface area (Å²) >= 11 is 0. The molecule has 5 nitrogen and oxygen atoms in total. The molecule has 0 bridgehead atoms. The number of halogens is 6. The molecule has 166 valence electrons. The van der Waals surface area contributed by atoms with Gasteiger partial charge in [-0.1, -0.05) is 0 Å². The summed E-state index contributed by atoms with van der Waals surface area (Å²) in [7, 11) is -13.6. The van der Waals surface area contributed by atoms with Gasteiger partial charge in [-0.3, -0.25) is 0 Å². The van der Waals surface area contributed by atoms with E-state index in [1.807, 2.05) is 0 Å². The van der Waals surface area contributed by atoms with E-state index in [9.17, 15) is 43.2 Å². The molecule has 27 heavy (non-hydrogen) atoms. The van der Waals surface area contributed by atoms with Crippen LogP contribution in [0.2, 0.25) is 0 Å². The van der Waals surface area contributed by atoms with E-state index in [1.54, 1.807) is 6.92 Å². The molecule has 0 saturated carbocycles. The normalized spacial score (nSPS) is 16.3. The van der Waals surface area contributed by atoms with Gasteiger partial charge >= 0.3 is 156 Å². The second-order valence-electron chi connectivity index (χ2n) is 6.37. The van der Waals surface area contributed by atoms with E-state index in [1.165, 1.54) is 20.8 Å². The van der Waals surface area contributed by atoms with Crippen molar-refractivity contribution in [2.24, 2.45) is 0 Å². The first-order valence-electron chi connectivity index (χ1n) is 8.37. The molecule has 0 amide bonds. The number of rotatable bonds is 10. The van der Waals surface area contributed by atoms with Crippen molar-refractivity contribution in [2.45, 2.75) is 58.0 Å². The van der Waals surface area contributed by atoms with E-state index in [0.717, 1.165) is 0 Å². The summed E-state index contributed by atoms with van der Waals surface area (Å²) in [4.78, 5) is 0. The molecule has 0 aliphatic heterocycles. The standard InChI is InChI=1S/C13H26F6NO4PS2/c1-5-9-10-11-25(6-2,7-3,8-4)20(26(21,22)12(14,15)16)27(23,24)13(17,18)19/h5-11H2,1-4H3. The molecule has 0 unspecified atom stereocenters. The Hall–Kier alpha value is -0.130. The summed E-state index contributed by atoms with van der Waals surface area (Å²) in [6.45, 7) is 0.787. The van der Waals surface area contributed by atoms with Crippen LogP contribution in [-0.4, -0.2) is 56.0 Å². The van der Waals surface area contributed by atoms with Gasteiger partial charge in [-0.2, -0.15) is 0 Å². The van der Waals surface area contributed by atoms with Gasteiger partial charge in [0.05, 0.1) is 0 Å². The molecule has 0 aliphatic rings. The summed E-state index contributed by atoms with van der Waals surface area (Å²) in [6, 6.07) is 0. The molecule has 0 aromatic carbocycles. The molecule has 0 aliphatic carbocycles. The SMILES string of the molecule is CCCCCP(CC)(CC)(CC)N(S(=O)(=O)C(F)(F)F)S(=O)(=O)C(F)(F)F. The van der Waals surface area contributed by atoms with Crippen molar-refractivity contribution in [2.75, 3.05) is 24.6 Å². The van der Waals surface area contributed by atoms with Gasteiger partial charge in [0.2, 0.25) is 0 Å². The Morgan fingerprint density at radius 2 is 1.04 bits per heavy atom. The average Bonchev–Trinajstić information content (AvgIpc) is 2.51. The Bertz CT molecular complexity index is 659. The summed E-state index contributed by atoms with van der Waals surface area (Å²) < 4.78 is 127. The molecular weight excluding hydrogens is 443 g/mol. The van der Waals surface area contributed by atoms with Crippen LogP contribution in [0.5, 0.6) is 0 Å². The predicted octanol–water partition coefficient (Wildman–Crippen LogP) is 4.71. The summed E-state index contributed by atoms with van der Waals surface area (Å²) in [5.74, 6) is 0. The van der Waals surface area contributed by atoms with Crippen molar-refractivity contribution in [3.63, 3.8) is 0 Å². The summed E-state index contributed by atoms with van der Waals surface area (Å²) in [5, 5.41) is 0. The number of sulfonamides is 2. The fraction of sp³-hybridized carbons (Fsp3) is 1.00. The van der Waals surface area contributed by atoms with Gasteiger partial charge < -0.3 is 0 Å². The zero-order valence-corrected chi connectivity index (χ0v) is 18.1. The van der Waals surface area contributed by atoms with Gasteiger partial charge in [-0.15, -0.1) is 0 Å². The van der Waals surface area contributed by atoms with Crippen LogP contribution < -0.4 is 0 Å². The molecule has 0 fully saturated rings. The number of hydrogen-bond donors (Lipinski definition) is 0. The molecule has 0 aromatic rings. The van der Waals surface area contributed by atoms with Crippen molar-refractivity contribution in [1.82, 2.24) is 3.48 Å². The topological polar surface area (TPSA) is 71.5 Å². The molecule has 14 heteroatoms. The molecule has 0 heterocycles. The number of alkyl halides is 6. The molecule has 0 N–H and O–H groups in total. The quantitative estimate of drug-likeness (QED) is 0.264. The maximum absolute atomic E-state index is 13.3. The predicted molar refractivity (Wildman–Crippen MR) is 94.7 cm³/mol. The maximum atomic E-state index is 13.3. The van der Waals surface area contributed by atoms with Crippen LogP contribution in [0.15, 0.2) is 0 Å². The number of nitrogens with zero attached hydrogens (tertiary/aromatic N) is 1. The molecule has 0 atom stereocenters. The Kier molecular flexibility index (Phi) is 8.27. The van der Waals surface area contributed by atoms with Crippen molar-refractivity contribution in [1.29, 1.82) is 0 Å². The van der Waals surface area contributed by atoms with Gasteiger partial charge in [-0.05, 0) is 0 Å². The minimum absolute atomic E-state index is 0.126. The van der Waals surface area contributed by atoms with Gasteiger partial charge in [0.15, 0.2) is 0 Å². The average molecular weight is 469 g/mol. The second-order valence-corrected chi connectivity index (χ2v) is 17.3. The van der Waals surface area contributed by atoms with Gasteiger partial charge in [0, 0.05) is 0 Å². The van der Waals surface area contributed by atoms with E-state index < -0.39 is 59.8 Å². The van der Waals surface area contributed by atoms with Gasteiger partial charge in [-0.25, -0.2) is 0 Å². The number of unbranched alkanes of at least 4 members (excludes halogenated alkanes) is 2. The van der Waals surface area contributed by atoms with Crippen molar-refractivity contribution in [3.8, 4) is 0 Å². The fourth-order valence-electron chi connectivity index (χ4n) is 3.26. The van der Waals surface area contributed by atoms with E-state index in [-0.39, 0.29) is 12.6 Å². The summed E-state index contributed by atoms with van der Waals surface area (Å²) in [6.07, 6.45) is -0.437. The monoisotopic (exact) mass is 469 g/mol. The third-order valence-electron chi connectivity index (χ3n) is 5.23. The zero-order chi connectivity index (χ0) is 22.0. The number of hydrogen-bond acceptors (Lipinski definition) is 4. The van der Waals surface area contributed by atoms with Crippen LogP contribution in [-0.2, 0) is 20.0 Å². The molecule has 0 aromatic heterocycles. The Morgan fingerprint density at radius 3 is 1.26 bits per heavy atom. The molecule has 0 radical (unpaired) electrons. The Morgan fingerprint density at radius 1 is 0.704 bits per heavy atom. The Labute approximate surface area is 156 Å². The summed E-state index contributed by atoms with van der Waals surface area (Å²) in [5.41, 5.74) is -12.4. The third-order valence-corrected chi connectivity index (χ3v) is 19.7. The van der Waals surface area contributed by atoms with E-state index in [2.05, 4.69) is 0 Å². The van der Waals surface area contributed by atoms with Crippen LogP contribution >= 0.6 is 6.75 Å². The first kappa shape index (κ1) is 26.9. The van der Waals surface area contributed by atoms with Crippen LogP contribution in [0, 0.1) is 0 Å². The molecular formula is C13H26F6NO4PS2. The third kappa shape index (κ3) is 4.56. The van der Waals surface area contributed by atoms with E-state index >= 15 is 0 Å². The van der Waals surface area contributed by atoms with E-state index in [0.29, 0.717) is 12.8 Å². The first-order chi connectivity index (χ1) is 11.9. The van der Waals surface area contributed by atoms with Gasteiger partial charge in [0.1, 0.15) is 0 Å². The van der Waals surface area contributed by atoms with E-state index in [4.69, 9.17) is 0 Å². The van der Waals surface area contributed by atoms with Crippen LogP contribution in [0.3, 0.4) is 0 Å². The molecule has 0 spiro atoms. The second kappa shape index (κ2) is 8.31. The zero-order valence-electron chi connectivity index (χ0n) is 15.6. The van der Waals surface area contributed by atoms with Crippen molar-refractivity contribution >= 4 is 26.8 Å².